The van der Waals surface area contributed by atoms with Crippen molar-refractivity contribution in [3.05, 3.63) is 16.1 Å². The molecule has 0 unspecified atom stereocenters. The topological polar surface area (TPSA) is 71.1 Å². The van der Waals surface area contributed by atoms with Gasteiger partial charge in [0.25, 0.3) is 0 Å². The minimum Gasteiger partial charge on any atom is -0.349 e. The normalized spacial score (nSPS) is 18.1. The number of amides is 2. The summed E-state index contributed by atoms with van der Waals surface area (Å²) in [5.41, 5.74) is 0.911. The first-order valence-electron chi connectivity index (χ1n) is 6.71. The molecule has 2 N–H and O–H groups in total. The van der Waals surface area contributed by atoms with Crippen molar-refractivity contribution < 1.29 is 9.59 Å². The number of hydrogen-bond donors (Lipinski definition) is 2. The average Bonchev–Trinajstić information content (AvgIpc) is 3.31. The first kappa shape index (κ1) is 12.6. The van der Waals surface area contributed by atoms with Gasteiger partial charge in [-0.15, -0.1) is 11.3 Å². The van der Waals surface area contributed by atoms with Crippen LogP contribution in [0.3, 0.4) is 0 Å². The zero-order valence-corrected chi connectivity index (χ0v) is 11.5. The molecule has 19 heavy (non-hydrogen) atoms. The van der Waals surface area contributed by atoms with Crippen LogP contribution >= 0.6 is 11.3 Å². The Hall–Kier alpha value is -1.43. The molecule has 1 aromatic heterocycles. The fraction of sp³-hybridized carbons (Fsp3) is 0.615. The number of hydrogen-bond acceptors (Lipinski definition) is 4. The summed E-state index contributed by atoms with van der Waals surface area (Å²) >= 11 is 1.67. The maximum Gasteiger partial charge on any atom is 0.239 e. The summed E-state index contributed by atoms with van der Waals surface area (Å²) in [6.07, 6.45) is 4.39. The van der Waals surface area contributed by atoms with Crippen LogP contribution < -0.4 is 10.6 Å². The van der Waals surface area contributed by atoms with Crippen molar-refractivity contribution in [1.29, 1.82) is 0 Å². The van der Waals surface area contributed by atoms with E-state index in [1.54, 1.807) is 11.3 Å². The van der Waals surface area contributed by atoms with Gasteiger partial charge in [0.1, 0.15) is 0 Å². The summed E-state index contributed by atoms with van der Waals surface area (Å²) in [5, 5.41) is 8.61. The van der Waals surface area contributed by atoms with Crippen LogP contribution in [-0.4, -0.2) is 23.3 Å². The number of carbonyl (C=O) groups is 2. The number of nitrogens with one attached hydrogen (secondary N) is 2. The molecule has 2 amide bonds. The number of rotatable bonds is 6. The van der Waals surface area contributed by atoms with Crippen molar-refractivity contribution in [3.8, 4) is 0 Å². The minimum atomic E-state index is -0.157. The molecular formula is C13H17N3O2S. The van der Waals surface area contributed by atoms with Gasteiger partial charge in [0.15, 0.2) is 0 Å². The van der Waals surface area contributed by atoms with Gasteiger partial charge in [-0.3, -0.25) is 9.59 Å². The molecule has 0 aliphatic heterocycles. The van der Waals surface area contributed by atoms with Gasteiger partial charge in [-0.05, 0) is 25.7 Å². The molecule has 2 saturated carbocycles. The van der Waals surface area contributed by atoms with Gasteiger partial charge in [0, 0.05) is 17.2 Å². The Morgan fingerprint density at radius 2 is 2.05 bits per heavy atom. The highest BCUT2D eigenvalue weighted by molar-refractivity contribution is 7.09. The molecule has 2 fully saturated rings. The quantitative estimate of drug-likeness (QED) is 0.821. The molecular weight excluding hydrogens is 262 g/mol. The molecule has 0 spiro atoms. The summed E-state index contributed by atoms with van der Waals surface area (Å²) in [6, 6.07) is 0. The van der Waals surface area contributed by atoms with Crippen molar-refractivity contribution in [3.63, 3.8) is 0 Å². The van der Waals surface area contributed by atoms with Gasteiger partial charge >= 0.3 is 0 Å². The molecule has 0 bridgehead atoms. The van der Waals surface area contributed by atoms with E-state index in [9.17, 15) is 9.59 Å². The molecule has 0 aromatic carbocycles. The summed E-state index contributed by atoms with van der Waals surface area (Å²) in [5.74, 6) is 0.648. The molecule has 0 atom stereocenters. The highest BCUT2D eigenvalue weighted by Gasteiger charge is 2.29. The van der Waals surface area contributed by atoms with Gasteiger partial charge in [-0.25, -0.2) is 4.98 Å². The van der Waals surface area contributed by atoms with Crippen LogP contribution in [0.2, 0.25) is 0 Å². The number of aromatic nitrogens is 1. The lowest BCUT2D eigenvalue weighted by atomic mass is 10.4. The summed E-state index contributed by atoms with van der Waals surface area (Å²) in [4.78, 5) is 27.4. The molecule has 6 heteroatoms. The van der Waals surface area contributed by atoms with Crippen molar-refractivity contribution in [1.82, 2.24) is 15.6 Å². The molecule has 2 aliphatic rings. The average molecular weight is 279 g/mol. The third-order valence-corrected chi connectivity index (χ3v) is 4.39. The van der Waals surface area contributed by atoms with Crippen LogP contribution in [-0.2, 0) is 16.1 Å². The number of nitrogens with zero attached hydrogens (tertiary/aromatic N) is 1. The van der Waals surface area contributed by atoms with E-state index in [0.29, 0.717) is 12.5 Å². The van der Waals surface area contributed by atoms with Crippen LogP contribution in [0.4, 0.5) is 0 Å². The van der Waals surface area contributed by atoms with E-state index in [4.69, 9.17) is 0 Å². The zero-order chi connectivity index (χ0) is 13.2. The first-order chi connectivity index (χ1) is 9.22. The largest absolute Gasteiger partial charge is 0.349 e. The van der Waals surface area contributed by atoms with E-state index in [1.807, 2.05) is 5.38 Å². The predicted octanol–water partition coefficient (Wildman–Crippen LogP) is 1.16. The van der Waals surface area contributed by atoms with Crippen LogP contribution in [0, 0.1) is 5.92 Å². The SMILES string of the molecule is O=C(CNC(=O)C1CC1)NCc1csc(C2CC2)n1. The third kappa shape index (κ3) is 3.53. The van der Waals surface area contributed by atoms with Crippen LogP contribution in [0.1, 0.15) is 42.3 Å². The van der Waals surface area contributed by atoms with Crippen LogP contribution in [0.25, 0.3) is 0 Å². The molecule has 5 nitrogen and oxygen atoms in total. The predicted molar refractivity (Wildman–Crippen MR) is 71.7 cm³/mol. The number of carbonyl (C=O) groups excluding carboxylic acids is 2. The van der Waals surface area contributed by atoms with E-state index in [2.05, 4.69) is 15.6 Å². The lowest BCUT2D eigenvalue weighted by molar-refractivity contribution is -0.126. The third-order valence-electron chi connectivity index (χ3n) is 3.33. The first-order valence-corrected chi connectivity index (χ1v) is 7.59. The Balaban J connectivity index is 1.37. The maximum atomic E-state index is 11.6. The Morgan fingerprint density at radius 1 is 1.26 bits per heavy atom. The fourth-order valence-corrected chi connectivity index (χ4v) is 2.82. The second-order valence-electron chi connectivity index (χ2n) is 5.22. The van der Waals surface area contributed by atoms with Gasteiger partial charge in [-0.1, -0.05) is 0 Å². The summed E-state index contributed by atoms with van der Waals surface area (Å²) < 4.78 is 0. The highest BCUT2D eigenvalue weighted by atomic mass is 32.1. The van der Waals surface area contributed by atoms with Crippen molar-refractivity contribution in [2.75, 3.05) is 6.54 Å². The summed E-state index contributed by atoms with van der Waals surface area (Å²) in [7, 11) is 0. The van der Waals surface area contributed by atoms with E-state index in [1.165, 1.54) is 17.8 Å². The molecule has 3 rings (SSSR count). The second-order valence-corrected chi connectivity index (χ2v) is 6.11. The van der Waals surface area contributed by atoms with E-state index in [-0.39, 0.29) is 24.3 Å². The van der Waals surface area contributed by atoms with Crippen LogP contribution in [0.15, 0.2) is 5.38 Å². The molecule has 102 valence electrons. The second kappa shape index (κ2) is 5.28. The number of thiazole rings is 1. The van der Waals surface area contributed by atoms with Crippen molar-refractivity contribution >= 4 is 23.2 Å². The Bertz CT molecular complexity index is 492. The summed E-state index contributed by atoms with van der Waals surface area (Å²) in [6.45, 7) is 0.510. The molecule has 0 saturated heterocycles. The van der Waals surface area contributed by atoms with Gasteiger partial charge in [0.05, 0.1) is 23.8 Å². The zero-order valence-electron chi connectivity index (χ0n) is 10.6. The van der Waals surface area contributed by atoms with E-state index in [0.717, 1.165) is 18.5 Å². The van der Waals surface area contributed by atoms with Crippen molar-refractivity contribution in [2.45, 2.75) is 38.1 Å². The molecule has 0 radical (unpaired) electrons. The minimum absolute atomic E-state index is 0.000159. The smallest absolute Gasteiger partial charge is 0.239 e. The lowest BCUT2D eigenvalue weighted by Gasteiger charge is -2.05. The molecule has 1 aromatic rings. The standard InChI is InChI=1S/C13H17N3O2S/c17-11(6-15-12(18)8-1-2-8)14-5-10-7-19-13(16-10)9-3-4-9/h7-9H,1-6H2,(H,14,17)(H,15,18). The Morgan fingerprint density at radius 3 is 2.74 bits per heavy atom. The highest BCUT2D eigenvalue weighted by Crippen LogP contribution is 2.41. The van der Waals surface area contributed by atoms with Gasteiger partial charge in [-0.2, -0.15) is 0 Å². The van der Waals surface area contributed by atoms with E-state index >= 15 is 0 Å². The van der Waals surface area contributed by atoms with E-state index < -0.39 is 0 Å². The van der Waals surface area contributed by atoms with Gasteiger partial charge in [0.2, 0.25) is 11.8 Å². The molecule has 2 aliphatic carbocycles. The van der Waals surface area contributed by atoms with Crippen molar-refractivity contribution in [2.24, 2.45) is 5.92 Å². The Labute approximate surface area is 115 Å². The monoisotopic (exact) mass is 279 g/mol. The van der Waals surface area contributed by atoms with Gasteiger partial charge < -0.3 is 10.6 Å². The van der Waals surface area contributed by atoms with Crippen LogP contribution in [0.5, 0.6) is 0 Å². The fourth-order valence-electron chi connectivity index (χ4n) is 1.83. The maximum absolute atomic E-state index is 11.6. The Kier molecular flexibility index (Phi) is 3.50. The molecule has 1 heterocycles. The lowest BCUT2D eigenvalue weighted by Crippen LogP contribution is -2.37.